The number of carbonyl (C=O) groups excluding carboxylic acids is 1. The van der Waals surface area contributed by atoms with Crippen LogP contribution in [0.2, 0.25) is 5.02 Å². The fraction of sp³-hybridized carbons (Fsp3) is 0.360. The van der Waals surface area contributed by atoms with E-state index >= 15 is 0 Å². The van der Waals surface area contributed by atoms with Gasteiger partial charge in [0.1, 0.15) is 5.82 Å². The Bertz CT molecular complexity index is 1110. The van der Waals surface area contributed by atoms with Crippen LogP contribution in [0.3, 0.4) is 0 Å². The van der Waals surface area contributed by atoms with Crippen molar-refractivity contribution in [3.8, 4) is 11.4 Å². The van der Waals surface area contributed by atoms with Crippen molar-refractivity contribution in [1.82, 2.24) is 19.9 Å². The van der Waals surface area contributed by atoms with E-state index in [1.54, 1.807) is 24.5 Å². The highest BCUT2D eigenvalue weighted by molar-refractivity contribution is 6.30. The quantitative estimate of drug-likeness (QED) is 0.622. The average molecular weight is 448 g/mol. The van der Waals surface area contributed by atoms with Crippen LogP contribution in [0.5, 0.6) is 0 Å². The van der Waals surface area contributed by atoms with Crippen molar-refractivity contribution in [3.63, 3.8) is 0 Å². The minimum absolute atomic E-state index is 0.0773. The zero-order valence-electron chi connectivity index (χ0n) is 17.9. The normalized spacial score (nSPS) is 16.5. The van der Waals surface area contributed by atoms with E-state index in [9.17, 15) is 4.79 Å². The van der Waals surface area contributed by atoms with Gasteiger partial charge in [-0.3, -0.25) is 9.78 Å². The predicted octanol–water partition coefficient (Wildman–Crippen LogP) is 4.79. The second-order valence-corrected chi connectivity index (χ2v) is 8.92. The largest absolute Gasteiger partial charge is 0.367 e. The maximum atomic E-state index is 12.7. The molecule has 7 heteroatoms. The summed E-state index contributed by atoms with van der Waals surface area (Å²) in [5, 5.41) is 4.39. The average Bonchev–Trinajstić information content (AvgIpc) is 2.84. The summed E-state index contributed by atoms with van der Waals surface area (Å²) in [6.45, 7) is 1.46. The van der Waals surface area contributed by atoms with Gasteiger partial charge in [0.15, 0.2) is 5.82 Å². The highest BCUT2D eigenvalue weighted by Crippen LogP contribution is 2.30. The van der Waals surface area contributed by atoms with E-state index in [0.717, 1.165) is 68.1 Å². The monoisotopic (exact) mass is 447 g/mol. The van der Waals surface area contributed by atoms with Gasteiger partial charge in [0.25, 0.3) is 5.91 Å². The summed E-state index contributed by atoms with van der Waals surface area (Å²) in [4.78, 5) is 28.5. The Kier molecular flexibility index (Phi) is 6.04. The first kappa shape index (κ1) is 20.9. The number of rotatable bonds is 4. The molecule has 3 aromatic rings. The molecule has 1 aliphatic heterocycles. The number of benzene rings is 1. The fourth-order valence-corrected chi connectivity index (χ4v) is 4.76. The minimum Gasteiger partial charge on any atom is -0.367 e. The van der Waals surface area contributed by atoms with Crippen LogP contribution in [0, 0.1) is 0 Å². The molecule has 0 spiro atoms. The van der Waals surface area contributed by atoms with Gasteiger partial charge in [-0.2, -0.15) is 0 Å². The van der Waals surface area contributed by atoms with E-state index < -0.39 is 0 Å². The van der Waals surface area contributed by atoms with Gasteiger partial charge >= 0.3 is 0 Å². The molecule has 6 nitrogen and oxygen atoms in total. The molecule has 164 valence electrons. The Labute approximate surface area is 193 Å². The van der Waals surface area contributed by atoms with Crippen molar-refractivity contribution in [2.45, 2.75) is 44.6 Å². The number of hydrogen-bond acceptors (Lipinski definition) is 5. The number of likely N-dealkylation sites (tertiary alicyclic amines) is 1. The van der Waals surface area contributed by atoms with Crippen LogP contribution in [-0.2, 0) is 12.8 Å². The summed E-state index contributed by atoms with van der Waals surface area (Å²) in [7, 11) is 0. The third kappa shape index (κ3) is 4.46. The Morgan fingerprint density at radius 2 is 1.81 bits per heavy atom. The Morgan fingerprint density at radius 1 is 1.03 bits per heavy atom. The van der Waals surface area contributed by atoms with Crippen molar-refractivity contribution >= 4 is 23.3 Å². The molecular weight excluding hydrogens is 422 g/mol. The number of nitrogens with zero attached hydrogens (tertiary/aromatic N) is 4. The van der Waals surface area contributed by atoms with Crippen LogP contribution in [0.15, 0.2) is 48.8 Å². The molecule has 3 heterocycles. The zero-order valence-corrected chi connectivity index (χ0v) is 18.7. The molecule has 1 N–H and O–H groups in total. The van der Waals surface area contributed by atoms with Crippen LogP contribution in [0.4, 0.5) is 5.82 Å². The number of aromatic nitrogens is 3. The Hall–Kier alpha value is -2.99. The summed E-state index contributed by atoms with van der Waals surface area (Å²) in [6.07, 6.45) is 9.43. The number of hydrogen-bond donors (Lipinski definition) is 1. The number of piperidine rings is 1. The smallest absolute Gasteiger partial charge is 0.253 e. The van der Waals surface area contributed by atoms with Crippen molar-refractivity contribution in [2.75, 3.05) is 18.4 Å². The number of fused-ring (bicyclic) bond motifs is 1. The number of aryl methyl sites for hydroxylation is 1. The second-order valence-electron chi connectivity index (χ2n) is 8.49. The topological polar surface area (TPSA) is 71.0 Å². The first-order chi connectivity index (χ1) is 15.7. The predicted molar refractivity (Wildman–Crippen MR) is 126 cm³/mol. The molecule has 0 unspecified atom stereocenters. The van der Waals surface area contributed by atoms with Crippen molar-refractivity contribution in [3.05, 3.63) is 70.6 Å². The minimum atomic E-state index is 0.0773. The van der Waals surface area contributed by atoms with E-state index in [-0.39, 0.29) is 11.9 Å². The van der Waals surface area contributed by atoms with E-state index in [4.69, 9.17) is 21.6 Å². The summed E-state index contributed by atoms with van der Waals surface area (Å²) < 4.78 is 0. The van der Waals surface area contributed by atoms with Crippen LogP contribution in [-0.4, -0.2) is 44.9 Å². The molecule has 1 aromatic carbocycles. The molecule has 0 saturated carbocycles. The molecule has 5 rings (SSSR count). The number of halogens is 1. The highest BCUT2D eigenvalue weighted by Gasteiger charge is 2.26. The van der Waals surface area contributed by atoms with Crippen LogP contribution in [0.1, 0.15) is 47.3 Å². The lowest BCUT2D eigenvalue weighted by molar-refractivity contribution is 0.0718. The number of amides is 1. The first-order valence-corrected chi connectivity index (χ1v) is 11.7. The molecule has 0 atom stereocenters. The molecule has 1 amide bonds. The lowest BCUT2D eigenvalue weighted by Crippen LogP contribution is -2.42. The molecular formula is C25H26ClN5O. The van der Waals surface area contributed by atoms with E-state index in [2.05, 4.69) is 10.3 Å². The maximum Gasteiger partial charge on any atom is 0.253 e. The first-order valence-electron chi connectivity index (χ1n) is 11.3. The lowest BCUT2D eigenvalue weighted by Gasteiger charge is -2.33. The van der Waals surface area contributed by atoms with E-state index in [1.165, 1.54) is 12.0 Å². The van der Waals surface area contributed by atoms with Crippen molar-refractivity contribution < 1.29 is 4.79 Å². The van der Waals surface area contributed by atoms with Gasteiger partial charge in [-0.15, -0.1) is 0 Å². The van der Waals surface area contributed by atoms with Crippen molar-refractivity contribution in [1.29, 1.82) is 0 Å². The Morgan fingerprint density at radius 3 is 2.59 bits per heavy atom. The molecule has 1 aliphatic carbocycles. The second kappa shape index (κ2) is 9.25. The van der Waals surface area contributed by atoms with Gasteiger partial charge in [-0.25, -0.2) is 9.97 Å². The number of carbonyl (C=O) groups is 1. The highest BCUT2D eigenvalue weighted by atomic mass is 35.5. The standard InChI is InChI=1S/C25H26ClN5O/c26-19-5-3-4-18(16-19)23-29-22-7-2-1-6-21(22)24(30-23)28-20-10-14-31(15-11-20)25(32)17-8-12-27-13-9-17/h3-5,8-9,12-13,16,20H,1-2,6-7,10-11,14-15H2,(H,28,29,30). The summed E-state index contributed by atoms with van der Waals surface area (Å²) in [5.74, 6) is 1.75. The van der Waals surface area contributed by atoms with Crippen LogP contribution < -0.4 is 5.32 Å². The number of anilines is 1. The maximum absolute atomic E-state index is 12.7. The summed E-state index contributed by atoms with van der Waals surface area (Å²) >= 11 is 6.21. The molecule has 2 aliphatic rings. The van der Waals surface area contributed by atoms with Gasteiger partial charge in [-0.05, 0) is 62.8 Å². The fourth-order valence-electron chi connectivity index (χ4n) is 4.57. The SMILES string of the molecule is O=C(c1ccncc1)N1CCC(Nc2nc(-c3cccc(Cl)c3)nc3c2CCCC3)CC1. The molecule has 1 saturated heterocycles. The number of pyridine rings is 1. The summed E-state index contributed by atoms with van der Waals surface area (Å²) in [5.41, 5.74) is 4.03. The zero-order chi connectivity index (χ0) is 21.9. The molecule has 32 heavy (non-hydrogen) atoms. The van der Waals surface area contributed by atoms with E-state index in [0.29, 0.717) is 10.6 Å². The summed E-state index contributed by atoms with van der Waals surface area (Å²) in [6, 6.07) is 11.5. The Balaban J connectivity index is 1.33. The van der Waals surface area contributed by atoms with Gasteiger partial charge in [0.2, 0.25) is 0 Å². The van der Waals surface area contributed by atoms with Gasteiger partial charge < -0.3 is 10.2 Å². The molecule has 2 aromatic heterocycles. The lowest BCUT2D eigenvalue weighted by atomic mass is 9.95. The third-order valence-electron chi connectivity index (χ3n) is 6.32. The number of nitrogens with one attached hydrogen (secondary N) is 1. The van der Waals surface area contributed by atoms with Crippen LogP contribution >= 0.6 is 11.6 Å². The molecule has 1 fully saturated rings. The van der Waals surface area contributed by atoms with Crippen LogP contribution in [0.25, 0.3) is 11.4 Å². The van der Waals surface area contributed by atoms with Gasteiger partial charge in [-0.1, -0.05) is 23.7 Å². The van der Waals surface area contributed by atoms with Gasteiger partial charge in [0.05, 0.1) is 0 Å². The molecule has 0 bridgehead atoms. The van der Waals surface area contributed by atoms with Crippen molar-refractivity contribution in [2.24, 2.45) is 0 Å². The van der Waals surface area contributed by atoms with Gasteiger partial charge in [0, 0.05) is 58.9 Å². The van der Waals surface area contributed by atoms with E-state index in [1.807, 2.05) is 29.2 Å². The molecule has 0 radical (unpaired) electrons. The third-order valence-corrected chi connectivity index (χ3v) is 6.55.